The molecule has 0 saturated carbocycles. The third-order valence-electron chi connectivity index (χ3n) is 10.1. The van der Waals surface area contributed by atoms with Gasteiger partial charge in [-0.05, 0) is 54.1 Å². The second-order valence-electron chi connectivity index (χ2n) is 12.6. The zero-order valence-corrected chi connectivity index (χ0v) is 27.0. The molecular weight excluding hydrogens is 619 g/mol. The predicted octanol–water partition coefficient (Wildman–Crippen LogP) is 12.6. The number of nitrogens with zero attached hydrogens (tertiary/aromatic N) is 3. The van der Waals surface area contributed by atoms with Crippen molar-refractivity contribution < 1.29 is 12.3 Å². The fraction of sp³-hybridized carbons (Fsp3) is 0. The van der Waals surface area contributed by atoms with Crippen LogP contribution in [0.5, 0.6) is 0 Å². The van der Waals surface area contributed by atoms with Crippen LogP contribution < -0.4 is 0 Å². The smallest absolute Gasteiger partial charge is 0.0782 e. The Bertz CT molecular complexity index is 3590. The maximum Gasteiger partial charge on any atom is 0.0782 e. The van der Waals surface area contributed by atoms with Crippen LogP contribution in [-0.2, 0) is 0 Å². The molecule has 8 aromatic carbocycles. The van der Waals surface area contributed by atoms with E-state index in [9.17, 15) is 2.74 Å². The first-order valence-electron chi connectivity index (χ1n) is 21.3. The standard InChI is InChI=1S/C48H31N3/c1-2-16-32(17-3-1)33-18-4-9-24-39(33)51-42-27-12-7-21-36(42)37-23-14-31-46(48(37)51)50-43-28-13-8-22-38(43)47-44(29-15-30-45(47)50)49-40-25-10-5-19-34(40)35-20-6-11-26-41(35)49/h1-31H/i1D,2D,3D,4D,9D,16D,17D,18D,24D. The van der Waals surface area contributed by atoms with Crippen LogP contribution in [0.1, 0.15) is 12.3 Å². The Hall–Kier alpha value is -6.84. The van der Waals surface area contributed by atoms with E-state index in [0.29, 0.717) is 16.7 Å². The van der Waals surface area contributed by atoms with E-state index in [1.54, 1.807) is 4.57 Å². The maximum atomic E-state index is 9.51. The van der Waals surface area contributed by atoms with Gasteiger partial charge in [0, 0.05) is 37.9 Å². The van der Waals surface area contributed by atoms with E-state index >= 15 is 0 Å². The van der Waals surface area contributed by atoms with E-state index in [2.05, 4.69) is 88.0 Å². The second-order valence-corrected chi connectivity index (χ2v) is 12.6. The summed E-state index contributed by atoms with van der Waals surface area (Å²) in [5, 5.41) is 5.91. The zero-order chi connectivity index (χ0) is 41.3. The lowest BCUT2D eigenvalue weighted by Gasteiger charge is -2.17. The largest absolute Gasteiger partial charge is 0.309 e. The maximum absolute atomic E-state index is 9.51. The predicted molar refractivity (Wildman–Crippen MR) is 215 cm³/mol. The van der Waals surface area contributed by atoms with Gasteiger partial charge in [-0.3, -0.25) is 0 Å². The number of fused-ring (bicyclic) bond motifs is 9. The summed E-state index contributed by atoms with van der Waals surface area (Å²) in [5.41, 5.74) is 6.38. The highest BCUT2D eigenvalue weighted by Gasteiger charge is 2.23. The van der Waals surface area contributed by atoms with Gasteiger partial charge in [0.1, 0.15) is 0 Å². The molecule has 11 aromatic rings. The number of rotatable bonds is 4. The molecule has 0 bridgehead atoms. The van der Waals surface area contributed by atoms with E-state index in [-0.39, 0.29) is 16.8 Å². The number of hydrogen-bond donors (Lipinski definition) is 0. The molecule has 3 heterocycles. The number of benzene rings is 8. The molecular formula is C48H31N3. The first kappa shape index (κ1) is 20.6. The normalized spacial score (nSPS) is 14.4. The van der Waals surface area contributed by atoms with Gasteiger partial charge in [0.15, 0.2) is 0 Å². The van der Waals surface area contributed by atoms with Gasteiger partial charge in [0.05, 0.1) is 62.5 Å². The number of para-hydroxylation sites is 6. The number of hydrogen-bond acceptors (Lipinski definition) is 0. The molecule has 238 valence electrons. The highest BCUT2D eigenvalue weighted by molar-refractivity contribution is 6.18. The minimum Gasteiger partial charge on any atom is -0.309 e. The van der Waals surface area contributed by atoms with Crippen molar-refractivity contribution in [1.29, 1.82) is 0 Å². The summed E-state index contributed by atoms with van der Waals surface area (Å²) in [6.45, 7) is 0. The second kappa shape index (κ2) is 10.8. The minimum absolute atomic E-state index is 0.0232. The molecule has 0 fully saturated rings. The first-order chi connectivity index (χ1) is 29.1. The van der Waals surface area contributed by atoms with E-state index < -0.39 is 54.4 Å². The van der Waals surface area contributed by atoms with Gasteiger partial charge in [-0.15, -0.1) is 0 Å². The van der Waals surface area contributed by atoms with Gasteiger partial charge in [-0.2, -0.15) is 0 Å². The summed E-state index contributed by atoms with van der Waals surface area (Å²) in [7, 11) is 0. The molecule has 11 rings (SSSR count). The van der Waals surface area contributed by atoms with Crippen molar-refractivity contribution in [2.24, 2.45) is 0 Å². The summed E-state index contributed by atoms with van der Waals surface area (Å²) >= 11 is 0. The Morgan fingerprint density at radius 3 is 1.51 bits per heavy atom. The molecule has 3 aromatic heterocycles. The Morgan fingerprint density at radius 2 is 0.804 bits per heavy atom. The molecule has 0 aliphatic heterocycles. The van der Waals surface area contributed by atoms with Gasteiger partial charge in [0.25, 0.3) is 0 Å². The molecule has 0 N–H and O–H groups in total. The van der Waals surface area contributed by atoms with Crippen LogP contribution in [0.25, 0.3) is 93.6 Å². The molecule has 0 unspecified atom stereocenters. The van der Waals surface area contributed by atoms with Crippen LogP contribution >= 0.6 is 0 Å². The van der Waals surface area contributed by atoms with Gasteiger partial charge in [-0.1, -0.05) is 139 Å². The van der Waals surface area contributed by atoms with Gasteiger partial charge < -0.3 is 13.7 Å². The highest BCUT2D eigenvalue weighted by Crippen LogP contribution is 2.43. The summed E-state index contributed by atoms with van der Waals surface area (Å²) in [6, 6.07) is 39.9. The monoisotopic (exact) mass is 658 g/mol. The van der Waals surface area contributed by atoms with Crippen molar-refractivity contribution in [3.05, 3.63) is 188 Å². The van der Waals surface area contributed by atoms with Crippen LogP contribution in [0.2, 0.25) is 0 Å². The minimum atomic E-state index is -0.600. The Kier molecular flexibility index (Phi) is 4.38. The van der Waals surface area contributed by atoms with Crippen LogP contribution in [0.15, 0.2) is 188 Å². The molecule has 0 amide bonds. The van der Waals surface area contributed by atoms with Crippen molar-refractivity contribution in [1.82, 2.24) is 13.7 Å². The summed E-state index contributed by atoms with van der Waals surface area (Å²) in [6.07, 6.45) is 0. The van der Waals surface area contributed by atoms with Crippen LogP contribution in [0, 0.1) is 0 Å². The average Bonchev–Trinajstić information content (AvgIpc) is 3.92. The summed E-state index contributed by atoms with van der Waals surface area (Å²) in [4.78, 5) is 0. The van der Waals surface area contributed by atoms with Crippen molar-refractivity contribution in [3.63, 3.8) is 0 Å². The fourth-order valence-electron chi connectivity index (χ4n) is 8.07. The quantitative estimate of drug-likeness (QED) is 0.179. The van der Waals surface area contributed by atoms with Crippen LogP contribution in [0.4, 0.5) is 0 Å². The molecule has 0 saturated heterocycles. The third-order valence-corrected chi connectivity index (χ3v) is 10.1. The van der Waals surface area contributed by atoms with E-state index in [1.165, 1.54) is 0 Å². The molecule has 0 aliphatic rings. The average molecular weight is 659 g/mol. The van der Waals surface area contributed by atoms with Gasteiger partial charge in [-0.25, -0.2) is 0 Å². The first-order valence-corrected chi connectivity index (χ1v) is 16.8. The van der Waals surface area contributed by atoms with E-state index in [1.807, 2.05) is 54.6 Å². The molecule has 0 radical (unpaired) electrons. The van der Waals surface area contributed by atoms with Crippen LogP contribution in [0.3, 0.4) is 0 Å². The topological polar surface area (TPSA) is 14.8 Å². The molecule has 0 spiro atoms. The molecule has 51 heavy (non-hydrogen) atoms. The van der Waals surface area contributed by atoms with E-state index in [0.717, 1.165) is 60.1 Å². The summed E-state index contributed by atoms with van der Waals surface area (Å²) in [5.74, 6) is 0. The number of aromatic nitrogens is 3. The third kappa shape index (κ3) is 3.94. The van der Waals surface area contributed by atoms with Gasteiger partial charge in [0.2, 0.25) is 0 Å². The van der Waals surface area contributed by atoms with Crippen molar-refractivity contribution in [2.45, 2.75) is 0 Å². The lowest BCUT2D eigenvalue weighted by atomic mass is 10.0. The zero-order valence-electron chi connectivity index (χ0n) is 36.0. The SMILES string of the molecule is [2H]c1c([2H])c([2H])c(-c2c([2H])c([2H])c([2H])c([2H])c2-n2c3ccccc3c3cccc(-n4c5ccccc5c5c(-n6c7ccccc7c7ccccc76)cccc54)c32)c([2H])c1[2H]. The lowest BCUT2D eigenvalue weighted by molar-refractivity contribution is 1.13. The van der Waals surface area contributed by atoms with Crippen molar-refractivity contribution in [3.8, 4) is 28.2 Å². The molecule has 3 heteroatoms. The van der Waals surface area contributed by atoms with Crippen molar-refractivity contribution >= 4 is 65.4 Å². The molecule has 0 aliphatic carbocycles. The highest BCUT2D eigenvalue weighted by atomic mass is 15.1. The Morgan fingerprint density at radius 1 is 0.333 bits per heavy atom. The Balaban J connectivity index is 1.32. The van der Waals surface area contributed by atoms with E-state index in [4.69, 9.17) is 9.60 Å². The fourth-order valence-corrected chi connectivity index (χ4v) is 8.07. The lowest BCUT2D eigenvalue weighted by Crippen LogP contribution is -2.02. The molecule has 3 nitrogen and oxygen atoms in total. The van der Waals surface area contributed by atoms with Crippen LogP contribution in [-0.4, -0.2) is 13.7 Å². The Labute approximate surface area is 307 Å². The van der Waals surface area contributed by atoms with Gasteiger partial charge >= 0.3 is 0 Å². The van der Waals surface area contributed by atoms with Crippen molar-refractivity contribution in [2.75, 3.05) is 0 Å². The summed E-state index contributed by atoms with van der Waals surface area (Å²) < 4.78 is 86.1. The molecule has 0 atom stereocenters.